The van der Waals surface area contributed by atoms with Crippen molar-refractivity contribution in [1.82, 2.24) is 14.2 Å². The lowest BCUT2D eigenvalue weighted by Crippen LogP contribution is -2.50. The number of Topliss-reactive ketones (excluding diaryl/α,β-unsaturated/α-hetero) is 1. The Morgan fingerprint density at radius 2 is 1.83 bits per heavy atom. The van der Waals surface area contributed by atoms with Gasteiger partial charge >= 0.3 is 0 Å². The Bertz CT molecular complexity index is 1070. The van der Waals surface area contributed by atoms with Gasteiger partial charge in [0.15, 0.2) is 11.5 Å². The molecule has 1 fully saturated rings. The summed E-state index contributed by atoms with van der Waals surface area (Å²) in [6.07, 6.45) is 0. The third-order valence-electron chi connectivity index (χ3n) is 4.72. The molecule has 0 saturated carbocycles. The maximum absolute atomic E-state index is 12.9. The second-order valence-electron chi connectivity index (χ2n) is 6.69. The van der Waals surface area contributed by atoms with Gasteiger partial charge in [0.05, 0.1) is 16.5 Å². The Morgan fingerprint density at radius 3 is 2.47 bits per heavy atom. The summed E-state index contributed by atoms with van der Waals surface area (Å²) in [7, 11) is -3.77. The van der Waals surface area contributed by atoms with Crippen molar-refractivity contribution in [3.63, 3.8) is 0 Å². The molecular formula is C20H22ClN3O5S. The Labute approximate surface area is 180 Å². The lowest BCUT2D eigenvalue weighted by atomic mass is 10.2. The Kier molecular flexibility index (Phi) is 6.74. The summed E-state index contributed by atoms with van der Waals surface area (Å²) in [6, 6.07) is 9.09. The molecule has 0 spiro atoms. The van der Waals surface area contributed by atoms with Crippen LogP contribution in [0.25, 0.3) is 0 Å². The van der Waals surface area contributed by atoms with E-state index in [4.69, 9.17) is 16.3 Å². The molecule has 2 aromatic rings. The van der Waals surface area contributed by atoms with Gasteiger partial charge in [-0.1, -0.05) is 23.7 Å². The predicted octanol–water partition coefficient (Wildman–Crippen LogP) is 2.48. The smallest absolute Gasteiger partial charge is 0.274 e. The second-order valence-corrected chi connectivity index (χ2v) is 9.04. The van der Waals surface area contributed by atoms with E-state index in [2.05, 4.69) is 4.98 Å². The van der Waals surface area contributed by atoms with E-state index in [9.17, 15) is 18.0 Å². The van der Waals surface area contributed by atoms with Crippen molar-refractivity contribution >= 4 is 33.3 Å². The summed E-state index contributed by atoms with van der Waals surface area (Å²) in [5, 5.41) is 0.208. The molecular weight excluding hydrogens is 430 g/mol. The molecule has 1 aliphatic rings. The number of halogens is 1. The van der Waals surface area contributed by atoms with Gasteiger partial charge in [0.1, 0.15) is 0 Å². The number of aromatic nitrogens is 1. The van der Waals surface area contributed by atoms with Crippen LogP contribution in [0.4, 0.5) is 0 Å². The molecule has 1 saturated heterocycles. The van der Waals surface area contributed by atoms with Crippen molar-refractivity contribution in [1.29, 1.82) is 0 Å². The molecule has 160 valence electrons. The Hall–Kier alpha value is -2.49. The van der Waals surface area contributed by atoms with E-state index in [1.165, 1.54) is 28.3 Å². The summed E-state index contributed by atoms with van der Waals surface area (Å²) in [5.74, 6) is -0.282. The zero-order chi connectivity index (χ0) is 21.9. The number of piperazine rings is 1. The zero-order valence-corrected chi connectivity index (χ0v) is 18.2. The van der Waals surface area contributed by atoms with E-state index in [1.807, 2.05) is 6.92 Å². The van der Waals surface area contributed by atoms with Crippen LogP contribution in [-0.2, 0) is 10.0 Å². The number of carbonyl (C=O) groups is 2. The summed E-state index contributed by atoms with van der Waals surface area (Å²) in [6.45, 7) is 4.24. The molecule has 0 N–H and O–H groups in total. The van der Waals surface area contributed by atoms with Gasteiger partial charge in [0.25, 0.3) is 5.91 Å². The highest BCUT2D eigenvalue weighted by Crippen LogP contribution is 2.23. The molecule has 1 aromatic heterocycles. The average Bonchev–Trinajstić information content (AvgIpc) is 2.75. The predicted molar refractivity (Wildman–Crippen MR) is 112 cm³/mol. The van der Waals surface area contributed by atoms with Gasteiger partial charge in [0.2, 0.25) is 15.9 Å². The number of sulfonamides is 1. The second kappa shape index (κ2) is 9.11. The van der Waals surface area contributed by atoms with Crippen LogP contribution in [-0.4, -0.2) is 67.1 Å². The molecule has 3 rings (SSSR count). The molecule has 1 aliphatic heterocycles. The number of carbonyl (C=O) groups excluding carboxylic acids is 2. The largest absolute Gasteiger partial charge is 0.478 e. The quantitative estimate of drug-likeness (QED) is 0.626. The molecule has 2 heterocycles. The van der Waals surface area contributed by atoms with Gasteiger partial charge in [-0.3, -0.25) is 9.59 Å². The first kappa shape index (κ1) is 22.2. The molecule has 0 unspecified atom stereocenters. The van der Waals surface area contributed by atoms with Crippen LogP contribution in [0.2, 0.25) is 5.02 Å². The SMILES string of the molecule is CCOc1ccc(Cl)c(C(=O)N2CCN(S(=O)(=O)c3cccc(C(C)=O)c3)CC2)n1. The van der Waals surface area contributed by atoms with Crippen molar-refractivity contribution in [2.75, 3.05) is 32.8 Å². The highest BCUT2D eigenvalue weighted by molar-refractivity contribution is 7.89. The molecule has 0 aliphatic carbocycles. The van der Waals surface area contributed by atoms with Crippen molar-refractivity contribution < 1.29 is 22.7 Å². The normalized spacial score (nSPS) is 15.1. The van der Waals surface area contributed by atoms with Crippen molar-refractivity contribution in [2.24, 2.45) is 0 Å². The monoisotopic (exact) mass is 451 g/mol. The summed E-state index contributed by atoms with van der Waals surface area (Å²) in [5.41, 5.74) is 0.410. The molecule has 0 radical (unpaired) electrons. The number of hydrogen-bond donors (Lipinski definition) is 0. The minimum Gasteiger partial charge on any atom is -0.478 e. The van der Waals surface area contributed by atoms with E-state index in [1.54, 1.807) is 24.3 Å². The summed E-state index contributed by atoms with van der Waals surface area (Å²) >= 11 is 6.13. The molecule has 10 heteroatoms. The number of nitrogens with zero attached hydrogens (tertiary/aromatic N) is 3. The molecule has 0 atom stereocenters. The fourth-order valence-electron chi connectivity index (χ4n) is 3.11. The first-order chi connectivity index (χ1) is 14.2. The van der Waals surface area contributed by atoms with Crippen LogP contribution in [0.15, 0.2) is 41.3 Å². The van der Waals surface area contributed by atoms with Crippen LogP contribution in [0.3, 0.4) is 0 Å². The maximum atomic E-state index is 12.9. The molecule has 30 heavy (non-hydrogen) atoms. The van der Waals surface area contributed by atoms with Gasteiger partial charge in [-0.15, -0.1) is 0 Å². The minimum atomic E-state index is -3.77. The van der Waals surface area contributed by atoms with Gasteiger partial charge < -0.3 is 9.64 Å². The van der Waals surface area contributed by atoms with Gasteiger partial charge in [-0.05, 0) is 32.0 Å². The number of ether oxygens (including phenoxy) is 1. The van der Waals surface area contributed by atoms with Crippen LogP contribution < -0.4 is 4.74 Å². The number of amides is 1. The molecule has 1 aromatic carbocycles. The van der Waals surface area contributed by atoms with Crippen molar-refractivity contribution in [3.8, 4) is 5.88 Å². The fraction of sp³-hybridized carbons (Fsp3) is 0.350. The number of ketones is 1. The molecule has 8 nitrogen and oxygen atoms in total. The van der Waals surface area contributed by atoms with Crippen molar-refractivity contribution in [2.45, 2.75) is 18.7 Å². The van der Waals surface area contributed by atoms with E-state index in [0.29, 0.717) is 18.1 Å². The topological polar surface area (TPSA) is 96.9 Å². The zero-order valence-electron chi connectivity index (χ0n) is 16.7. The number of hydrogen-bond acceptors (Lipinski definition) is 6. The number of pyridine rings is 1. The van der Waals surface area contributed by atoms with E-state index < -0.39 is 10.0 Å². The van der Waals surface area contributed by atoms with E-state index >= 15 is 0 Å². The highest BCUT2D eigenvalue weighted by Gasteiger charge is 2.31. The molecule has 1 amide bonds. The third kappa shape index (κ3) is 4.63. The Balaban J connectivity index is 1.73. The number of rotatable bonds is 6. The number of benzene rings is 1. The standard InChI is InChI=1S/C20H22ClN3O5S/c1-3-29-18-8-7-17(21)19(22-18)20(26)23-9-11-24(12-10-23)30(27,28)16-6-4-5-15(13-16)14(2)25/h4-8,13H,3,9-12H2,1-2H3. The highest BCUT2D eigenvalue weighted by atomic mass is 35.5. The lowest BCUT2D eigenvalue weighted by molar-refractivity contribution is 0.0691. The minimum absolute atomic E-state index is 0.0594. The van der Waals surface area contributed by atoms with Gasteiger partial charge in [-0.25, -0.2) is 13.4 Å². The maximum Gasteiger partial charge on any atom is 0.274 e. The summed E-state index contributed by atoms with van der Waals surface area (Å²) < 4.78 is 32.5. The average molecular weight is 452 g/mol. The van der Waals surface area contributed by atoms with Gasteiger partial charge in [-0.2, -0.15) is 4.31 Å². The van der Waals surface area contributed by atoms with Crippen LogP contribution >= 0.6 is 11.6 Å². The Morgan fingerprint density at radius 1 is 1.13 bits per heavy atom. The third-order valence-corrected chi connectivity index (χ3v) is 6.92. The lowest BCUT2D eigenvalue weighted by Gasteiger charge is -2.34. The van der Waals surface area contributed by atoms with Crippen LogP contribution in [0, 0.1) is 0 Å². The van der Waals surface area contributed by atoms with E-state index in [-0.39, 0.29) is 53.5 Å². The first-order valence-electron chi connectivity index (χ1n) is 9.43. The fourth-order valence-corrected chi connectivity index (χ4v) is 4.76. The van der Waals surface area contributed by atoms with E-state index in [0.717, 1.165) is 0 Å². The van der Waals surface area contributed by atoms with Gasteiger partial charge in [0, 0.05) is 37.8 Å². The first-order valence-corrected chi connectivity index (χ1v) is 11.3. The summed E-state index contributed by atoms with van der Waals surface area (Å²) in [4.78, 5) is 30.2. The van der Waals surface area contributed by atoms with Crippen molar-refractivity contribution in [3.05, 3.63) is 52.7 Å². The molecule has 0 bridgehead atoms. The van der Waals surface area contributed by atoms with Crippen LogP contribution in [0.5, 0.6) is 5.88 Å². The van der Waals surface area contributed by atoms with Crippen LogP contribution in [0.1, 0.15) is 34.7 Å².